The van der Waals surface area contributed by atoms with Crippen LogP contribution < -0.4 is 10.0 Å². The van der Waals surface area contributed by atoms with Gasteiger partial charge in [0.05, 0.1) is 5.75 Å². The van der Waals surface area contributed by atoms with Gasteiger partial charge in [-0.05, 0) is 55.0 Å². The van der Waals surface area contributed by atoms with Crippen LogP contribution in [-0.4, -0.2) is 27.3 Å². The summed E-state index contributed by atoms with van der Waals surface area (Å²) < 4.78 is 26.7. The second-order valence-electron chi connectivity index (χ2n) is 7.40. The molecular formula is C22H31ClN2O2S. The first kappa shape index (κ1) is 22.9. The highest BCUT2D eigenvalue weighted by Gasteiger charge is 2.29. The van der Waals surface area contributed by atoms with Crippen LogP contribution in [0.1, 0.15) is 47.9 Å². The van der Waals surface area contributed by atoms with Gasteiger partial charge in [-0.2, -0.15) is 0 Å². The average Bonchev–Trinajstić information content (AvgIpc) is 2.67. The summed E-state index contributed by atoms with van der Waals surface area (Å²) in [5, 5.41) is 3.50. The van der Waals surface area contributed by atoms with Gasteiger partial charge in [0.25, 0.3) is 0 Å². The number of hydrogen-bond donors (Lipinski definition) is 2. The molecule has 0 heterocycles. The Bertz CT molecular complexity index is 856. The number of likely N-dealkylation sites (N-methyl/N-ethyl adjacent to an activating group) is 1. The summed E-state index contributed by atoms with van der Waals surface area (Å²) in [5.74, 6) is 0.574. The van der Waals surface area contributed by atoms with Crippen LogP contribution in [0.5, 0.6) is 0 Å². The van der Waals surface area contributed by atoms with Crippen LogP contribution in [0, 0.1) is 0 Å². The fourth-order valence-corrected chi connectivity index (χ4v) is 5.12. The Morgan fingerprint density at radius 2 is 1.82 bits per heavy atom. The monoisotopic (exact) mass is 422 g/mol. The fourth-order valence-electron chi connectivity index (χ4n) is 4.06. The topological polar surface area (TPSA) is 58.2 Å². The minimum atomic E-state index is -3.19. The molecule has 1 aliphatic carbocycles. The lowest BCUT2D eigenvalue weighted by molar-refractivity contribution is 0.409. The van der Waals surface area contributed by atoms with Crippen LogP contribution >= 0.6 is 12.4 Å². The molecule has 4 nitrogen and oxygen atoms in total. The summed E-state index contributed by atoms with van der Waals surface area (Å²) in [6.45, 7) is 2.24. The van der Waals surface area contributed by atoms with E-state index in [-0.39, 0.29) is 18.2 Å². The molecule has 0 radical (unpaired) electrons. The number of fused-ring (bicyclic) bond motifs is 1. The molecule has 0 spiro atoms. The quantitative estimate of drug-likeness (QED) is 0.680. The Morgan fingerprint density at radius 1 is 1.07 bits per heavy atom. The van der Waals surface area contributed by atoms with E-state index >= 15 is 0 Å². The zero-order valence-electron chi connectivity index (χ0n) is 16.6. The van der Waals surface area contributed by atoms with Crippen molar-refractivity contribution in [3.63, 3.8) is 0 Å². The van der Waals surface area contributed by atoms with Crippen molar-refractivity contribution in [3.05, 3.63) is 70.8 Å². The van der Waals surface area contributed by atoms with Gasteiger partial charge < -0.3 is 5.32 Å². The summed E-state index contributed by atoms with van der Waals surface area (Å²) in [5.41, 5.74) is 5.12. The molecule has 0 saturated carbocycles. The molecule has 1 aliphatic rings. The second-order valence-corrected chi connectivity index (χ2v) is 9.33. The smallest absolute Gasteiger partial charge is 0.211 e. The number of halogens is 1. The molecule has 2 atom stereocenters. The van der Waals surface area contributed by atoms with Crippen molar-refractivity contribution in [2.24, 2.45) is 0 Å². The zero-order chi connectivity index (χ0) is 19.3. The number of benzene rings is 2. The van der Waals surface area contributed by atoms with E-state index in [1.54, 1.807) is 0 Å². The molecule has 0 bridgehead atoms. The summed E-state index contributed by atoms with van der Waals surface area (Å²) >= 11 is 0. The maximum Gasteiger partial charge on any atom is 0.211 e. The van der Waals surface area contributed by atoms with Crippen molar-refractivity contribution in [2.75, 3.05) is 12.8 Å². The van der Waals surface area contributed by atoms with Gasteiger partial charge in [0.1, 0.15) is 0 Å². The Hall–Kier alpha value is -1.40. The van der Waals surface area contributed by atoms with Gasteiger partial charge in [-0.1, -0.05) is 55.5 Å². The van der Waals surface area contributed by atoms with E-state index < -0.39 is 10.0 Å². The number of nitrogens with one attached hydrogen (secondary N) is 2. The van der Waals surface area contributed by atoms with Crippen molar-refractivity contribution in [1.82, 2.24) is 10.0 Å². The number of aryl methyl sites for hydroxylation is 1. The van der Waals surface area contributed by atoms with Crippen molar-refractivity contribution >= 4 is 22.4 Å². The highest BCUT2D eigenvalue weighted by molar-refractivity contribution is 7.89. The zero-order valence-corrected chi connectivity index (χ0v) is 18.3. The summed E-state index contributed by atoms with van der Waals surface area (Å²) in [6, 6.07) is 17.5. The van der Waals surface area contributed by atoms with Crippen LogP contribution in [-0.2, 0) is 29.4 Å². The summed E-state index contributed by atoms with van der Waals surface area (Å²) in [7, 11) is -1.15. The van der Waals surface area contributed by atoms with Crippen molar-refractivity contribution in [1.29, 1.82) is 0 Å². The average molecular weight is 423 g/mol. The largest absolute Gasteiger partial charge is 0.316 e. The minimum absolute atomic E-state index is 0. The third-order valence-corrected chi connectivity index (χ3v) is 6.99. The van der Waals surface area contributed by atoms with Gasteiger partial charge in [0, 0.05) is 18.5 Å². The number of rotatable bonds is 8. The standard InChI is InChI=1S/C22H30N2O2S.ClH/c1-3-13-27(25,26)24-16-18-9-10-19-11-12-22(23-2)21(20(19)15-18)14-17-7-5-4-6-8-17;/h4-10,15,21-24H,3,11-14,16H2,1-2H3;1H/t21-,22-;/m1./s1. The predicted octanol–water partition coefficient (Wildman–Crippen LogP) is 3.80. The molecule has 0 aromatic heterocycles. The molecule has 2 aromatic carbocycles. The van der Waals surface area contributed by atoms with Gasteiger partial charge in [-0.15, -0.1) is 12.4 Å². The van der Waals surface area contributed by atoms with Crippen molar-refractivity contribution < 1.29 is 8.42 Å². The van der Waals surface area contributed by atoms with E-state index in [0.717, 1.165) is 24.8 Å². The van der Waals surface area contributed by atoms with E-state index in [9.17, 15) is 8.42 Å². The third-order valence-electron chi connectivity index (χ3n) is 5.46. The second kappa shape index (κ2) is 10.4. The maximum atomic E-state index is 12.0. The predicted molar refractivity (Wildman–Crippen MR) is 119 cm³/mol. The lowest BCUT2D eigenvalue weighted by Gasteiger charge is -2.34. The Kier molecular flexibility index (Phi) is 8.50. The Balaban J connectivity index is 0.00000280. The first-order valence-electron chi connectivity index (χ1n) is 9.82. The minimum Gasteiger partial charge on any atom is -0.316 e. The van der Waals surface area contributed by atoms with Gasteiger partial charge in [-0.3, -0.25) is 0 Å². The lowest BCUT2D eigenvalue weighted by Crippen LogP contribution is -2.37. The molecule has 6 heteroatoms. The molecule has 0 amide bonds. The van der Waals surface area contributed by atoms with E-state index in [1.807, 2.05) is 20.0 Å². The van der Waals surface area contributed by atoms with Crippen LogP contribution in [0.2, 0.25) is 0 Å². The molecule has 0 aliphatic heterocycles. The molecule has 28 heavy (non-hydrogen) atoms. The van der Waals surface area contributed by atoms with Gasteiger partial charge in [-0.25, -0.2) is 13.1 Å². The molecule has 0 fully saturated rings. The van der Waals surface area contributed by atoms with E-state index in [1.165, 1.54) is 16.7 Å². The van der Waals surface area contributed by atoms with Crippen LogP contribution in [0.25, 0.3) is 0 Å². The van der Waals surface area contributed by atoms with E-state index in [0.29, 0.717) is 24.9 Å². The van der Waals surface area contributed by atoms with E-state index in [4.69, 9.17) is 0 Å². The normalized spacial score (nSPS) is 18.9. The van der Waals surface area contributed by atoms with Gasteiger partial charge >= 0.3 is 0 Å². The van der Waals surface area contributed by atoms with Gasteiger partial charge in [0.2, 0.25) is 10.0 Å². The first-order chi connectivity index (χ1) is 13.0. The van der Waals surface area contributed by atoms with Gasteiger partial charge in [0.15, 0.2) is 0 Å². The Morgan fingerprint density at radius 3 is 2.50 bits per heavy atom. The van der Waals surface area contributed by atoms with Crippen LogP contribution in [0.15, 0.2) is 48.5 Å². The molecule has 2 N–H and O–H groups in total. The molecule has 3 rings (SSSR count). The Labute approximate surface area is 175 Å². The first-order valence-corrected chi connectivity index (χ1v) is 11.5. The molecular weight excluding hydrogens is 392 g/mol. The SMILES string of the molecule is CCCS(=O)(=O)NCc1ccc2c(c1)[C@@H](Cc1ccccc1)[C@H](NC)CC2.Cl. The van der Waals surface area contributed by atoms with Crippen molar-refractivity contribution in [2.45, 2.75) is 51.1 Å². The summed E-state index contributed by atoms with van der Waals surface area (Å²) in [6.07, 6.45) is 3.81. The van der Waals surface area contributed by atoms with Crippen LogP contribution in [0.4, 0.5) is 0 Å². The highest BCUT2D eigenvalue weighted by atomic mass is 35.5. The molecule has 0 saturated heterocycles. The highest BCUT2D eigenvalue weighted by Crippen LogP contribution is 2.35. The fraction of sp³-hybridized carbons (Fsp3) is 0.455. The third kappa shape index (κ3) is 5.80. The molecule has 0 unspecified atom stereocenters. The number of sulfonamides is 1. The number of hydrogen-bond acceptors (Lipinski definition) is 3. The van der Waals surface area contributed by atoms with E-state index in [2.05, 4.69) is 52.5 Å². The molecule has 2 aromatic rings. The summed E-state index contributed by atoms with van der Waals surface area (Å²) in [4.78, 5) is 0. The maximum absolute atomic E-state index is 12.0. The molecule has 154 valence electrons. The lowest BCUT2D eigenvalue weighted by atomic mass is 9.75. The van der Waals surface area contributed by atoms with Crippen LogP contribution in [0.3, 0.4) is 0 Å². The van der Waals surface area contributed by atoms with Crippen molar-refractivity contribution in [3.8, 4) is 0 Å².